The first-order chi connectivity index (χ1) is 21.5. The third-order valence-electron chi connectivity index (χ3n) is 6.82. The Morgan fingerprint density at radius 3 is 1.20 bits per heavy atom. The van der Waals surface area contributed by atoms with Gasteiger partial charge in [0.1, 0.15) is 10.1 Å². The first kappa shape index (κ1) is 49.2. The summed E-state index contributed by atoms with van der Waals surface area (Å²) in [7, 11) is -10.1. The number of hydrogen-bond acceptors (Lipinski definition) is 7. The molecule has 1 fully saturated rings. The topological polar surface area (TPSA) is 110 Å². The molecule has 1 heterocycles. The first-order valence-electron chi connectivity index (χ1n) is 11.1. The van der Waals surface area contributed by atoms with E-state index in [1.165, 1.54) is 0 Å². The van der Waals surface area contributed by atoms with Gasteiger partial charge in [-0.2, -0.15) is 87.8 Å². The van der Waals surface area contributed by atoms with E-state index in [2.05, 4.69) is 9.47 Å². The van der Waals surface area contributed by atoms with Crippen molar-refractivity contribution in [3.63, 3.8) is 0 Å². The molecule has 2 atom stereocenters. The van der Waals surface area contributed by atoms with Gasteiger partial charge in [-0.3, -0.25) is 9.59 Å². The summed E-state index contributed by atoms with van der Waals surface area (Å²) in [5.74, 6) is -97.6. The number of carbonyl (C=O) groups is 2. The van der Waals surface area contributed by atoms with E-state index in [1.54, 1.807) is 0 Å². The Hall–Kier alpha value is -1.83. The molecule has 0 amide bonds. The molecule has 7 nitrogen and oxygen atoms in total. The molecule has 1 aliphatic rings. The minimum absolute atomic E-state index is 0. The van der Waals surface area contributed by atoms with Crippen LogP contribution in [0.1, 0.15) is 6.42 Å². The number of halogens is 24. The molecule has 1 aliphatic heterocycles. The third-order valence-corrected chi connectivity index (χ3v) is 8.21. The summed E-state index contributed by atoms with van der Waals surface area (Å²) in [4.78, 5) is 15.7. The Morgan fingerprint density at radius 1 is 0.647 bits per heavy atom. The maximum atomic E-state index is 15.5. The summed E-state index contributed by atoms with van der Waals surface area (Å²) >= 11 is 0. The molecule has 0 N–H and O–H groups in total. The molecule has 33 heteroatoms. The average molecular weight is 846 g/mol. The molecule has 0 spiro atoms. The van der Waals surface area contributed by atoms with Gasteiger partial charge < -0.3 is 14.0 Å². The molecule has 0 aromatic heterocycles. The number of ether oxygens (including phenoxy) is 2. The van der Waals surface area contributed by atoms with Crippen molar-refractivity contribution in [3.05, 3.63) is 0 Å². The number of alkyl halides is 24. The van der Waals surface area contributed by atoms with E-state index < -0.39 is 118 Å². The van der Waals surface area contributed by atoms with Crippen LogP contribution in [-0.2, 0) is 29.2 Å². The molecule has 2 unspecified atom stereocenters. The Labute approximate surface area is 285 Å². The van der Waals surface area contributed by atoms with Crippen molar-refractivity contribution in [2.45, 2.75) is 83.4 Å². The Morgan fingerprint density at radius 2 is 0.941 bits per heavy atom. The van der Waals surface area contributed by atoms with Crippen LogP contribution in [0.3, 0.4) is 0 Å². The number of carbonyl (C=O) groups excluding carboxylic acids is 2. The molecule has 0 aromatic carbocycles. The van der Waals surface area contributed by atoms with Crippen LogP contribution in [-0.4, -0.2) is 109 Å². The van der Waals surface area contributed by atoms with Crippen molar-refractivity contribution in [1.29, 1.82) is 0 Å². The van der Waals surface area contributed by atoms with Crippen LogP contribution in [0.5, 0.6) is 0 Å². The van der Waals surface area contributed by atoms with Gasteiger partial charge in [0.2, 0.25) is 5.41 Å². The standard InChI is InChI=1S/C18H8F24O7S.Na/c1-48-6(44)7(10(27,28)13(33,34)14(35,36)11(29,30)8(23,24)4(19)20)2-3(43)49-18(7,50(45,46)47)17(41,42)16(39,40)15(37,38)12(31,32)9(25,26)5(21)22;/h4-5H,2H2,1H3,(H,45,46,47);/q;+1/p-1. The van der Waals surface area contributed by atoms with Crippen molar-refractivity contribution in [3.8, 4) is 0 Å². The van der Waals surface area contributed by atoms with Gasteiger partial charge >= 0.3 is 114 Å². The van der Waals surface area contributed by atoms with Crippen LogP contribution >= 0.6 is 0 Å². The minimum atomic E-state index is -9.41. The zero-order chi connectivity index (χ0) is 40.9. The van der Waals surface area contributed by atoms with Crippen molar-refractivity contribution in [2.24, 2.45) is 5.41 Å². The maximum absolute atomic E-state index is 15.5. The fourth-order valence-corrected chi connectivity index (χ4v) is 5.50. The fourth-order valence-electron chi connectivity index (χ4n) is 4.15. The quantitative estimate of drug-likeness (QED) is 0.114. The zero-order valence-corrected chi connectivity index (χ0v) is 26.0. The van der Waals surface area contributed by atoms with E-state index >= 15 is 17.6 Å². The SMILES string of the molecule is COC(=O)C1(C(F)(F)C(F)(F)C(F)(F)C(F)(F)C(F)(F)C(F)F)CC(=O)OC1(C(F)(F)C(F)(F)C(F)(F)C(F)(F)C(F)(F)C(F)F)S(=O)(=O)[O-].[Na+]. The van der Waals surface area contributed by atoms with Gasteiger partial charge in [0.15, 0.2) is 0 Å². The van der Waals surface area contributed by atoms with Crippen molar-refractivity contribution < 1.29 is 167 Å². The third kappa shape index (κ3) is 5.54. The van der Waals surface area contributed by atoms with Gasteiger partial charge in [-0.05, 0) is 0 Å². The summed E-state index contributed by atoms with van der Waals surface area (Å²) in [6, 6.07) is 0. The summed E-state index contributed by atoms with van der Waals surface area (Å²) in [5.41, 5.74) is -7.71. The predicted octanol–water partition coefficient (Wildman–Crippen LogP) is 3.22. The Kier molecular flexibility index (Phi) is 12.4. The van der Waals surface area contributed by atoms with E-state index in [0.29, 0.717) is 0 Å². The molecule has 0 saturated carbocycles. The second-order valence-electron chi connectivity index (χ2n) is 9.56. The molecule has 0 aromatic rings. The van der Waals surface area contributed by atoms with Crippen molar-refractivity contribution in [1.82, 2.24) is 0 Å². The van der Waals surface area contributed by atoms with Gasteiger partial charge in [0, 0.05) is 0 Å². The van der Waals surface area contributed by atoms with Gasteiger partial charge in [0.05, 0.1) is 13.5 Å². The number of methoxy groups -OCH3 is 1. The largest absolute Gasteiger partial charge is 1.00 e. The molecular weight excluding hydrogens is 839 g/mol. The first-order valence-corrected chi connectivity index (χ1v) is 12.5. The van der Waals surface area contributed by atoms with Gasteiger partial charge in [-0.1, -0.05) is 0 Å². The van der Waals surface area contributed by atoms with Crippen LogP contribution in [0.2, 0.25) is 0 Å². The number of cyclic esters (lactones) is 1. The Bertz CT molecular complexity index is 1470. The van der Waals surface area contributed by atoms with Crippen LogP contribution in [0.4, 0.5) is 105 Å². The van der Waals surface area contributed by atoms with Gasteiger partial charge in [0.25, 0.3) is 4.93 Å². The molecule has 0 bridgehead atoms. The molecular formula is C18H7F24NaO7S. The van der Waals surface area contributed by atoms with Crippen molar-refractivity contribution >= 4 is 22.1 Å². The van der Waals surface area contributed by atoms with Crippen LogP contribution in [0.25, 0.3) is 0 Å². The monoisotopic (exact) mass is 846 g/mol. The molecule has 51 heavy (non-hydrogen) atoms. The second kappa shape index (κ2) is 12.9. The number of rotatable bonds is 14. The van der Waals surface area contributed by atoms with Crippen LogP contribution in [0.15, 0.2) is 0 Å². The van der Waals surface area contributed by atoms with E-state index in [4.69, 9.17) is 0 Å². The van der Waals surface area contributed by atoms with Crippen LogP contribution < -0.4 is 29.6 Å². The van der Waals surface area contributed by atoms with E-state index in [0.717, 1.165) is 0 Å². The molecule has 1 rings (SSSR count). The van der Waals surface area contributed by atoms with Gasteiger partial charge in [-0.25, -0.2) is 26.0 Å². The summed E-state index contributed by atoms with van der Waals surface area (Å²) in [5, 5.41) is 0. The number of hydrogen-bond donors (Lipinski definition) is 0. The smallest absolute Gasteiger partial charge is 0.745 e. The van der Waals surface area contributed by atoms with Gasteiger partial charge in [-0.15, -0.1) is 0 Å². The second-order valence-corrected chi connectivity index (χ2v) is 11.0. The number of esters is 2. The predicted molar refractivity (Wildman–Crippen MR) is 99.1 cm³/mol. The molecule has 1 saturated heterocycles. The molecule has 0 aliphatic carbocycles. The molecule has 0 radical (unpaired) electrons. The summed E-state index contributed by atoms with van der Waals surface area (Å²) in [6.45, 7) is 0. The molecule has 296 valence electrons. The van der Waals surface area contributed by atoms with Crippen molar-refractivity contribution in [2.75, 3.05) is 7.11 Å². The van der Waals surface area contributed by atoms with E-state index in [-0.39, 0.29) is 29.6 Å². The Balaban J connectivity index is 0.0000250. The summed E-state index contributed by atoms with van der Waals surface area (Å²) in [6.07, 6.45) is -17.0. The van der Waals surface area contributed by atoms with E-state index in [9.17, 15) is 110 Å². The maximum Gasteiger partial charge on any atom is 1.00 e. The summed E-state index contributed by atoms with van der Waals surface area (Å²) < 4.78 is 376. The zero-order valence-electron chi connectivity index (χ0n) is 23.2. The minimum Gasteiger partial charge on any atom is -0.745 e. The van der Waals surface area contributed by atoms with E-state index in [1.807, 2.05) is 0 Å². The normalized spacial score (nSPS) is 22.6. The van der Waals surface area contributed by atoms with Crippen LogP contribution in [0, 0.1) is 5.41 Å². The average Bonchev–Trinajstić information content (AvgIpc) is 3.27. The fraction of sp³-hybridized carbons (Fsp3) is 0.889.